The maximum Gasteiger partial charge on any atom is 0.220 e. The van der Waals surface area contributed by atoms with E-state index >= 15 is 0 Å². The molecule has 164 valence electrons. The minimum absolute atomic E-state index is 0.0717. The molecule has 0 saturated carbocycles. The van der Waals surface area contributed by atoms with Crippen LogP contribution >= 0.6 is 0 Å². The van der Waals surface area contributed by atoms with Crippen LogP contribution in [0.1, 0.15) is 37.2 Å². The number of para-hydroxylation sites is 2. The fraction of sp³-hybridized carbons (Fsp3) is 0.333. The Bertz CT molecular complexity index is 986. The van der Waals surface area contributed by atoms with E-state index in [1.807, 2.05) is 73.3 Å². The van der Waals surface area contributed by atoms with Gasteiger partial charge in [-0.2, -0.15) is 0 Å². The first-order valence-corrected chi connectivity index (χ1v) is 10.4. The van der Waals surface area contributed by atoms with Crippen molar-refractivity contribution in [3.63, 3.8) is 0 Å². The molecule has 31 heavy (non-hydrogen) atoms. The number of rotatable bonds is 11. The summed E-state index contributed by atoms with van der Waals surface area (Å²) in [6, 6.07) is 14.8. The van der Waals surface area contributed by atoms with Crippen molar-refractivity contribution in [2.75, 3.05) is 20.3 Å². The van der Waals surface area contributed by atoms with Gasteiger partial charge < -0.3 is 24.1 Å². The molecule has 0 fully saturated rings. The molecule has 1 amide bonds. The topological polar surface area (TPSA) is 74.6 Å². The van der Waals surface area contributed by atoms with Gasteiger partial charge in [0.25, 0.3) is 0 Å². The summed E-state index contributed by atoms with van der Waals surface area (Å²) in [4.78, 5) is 17.1. The zero-order valence-electron chi connectivity index (χ0n) is 18.2. The molecule has 7 heteroatoms. The lowest BCUT2D eigenvalue weighted by Crippen LogP contribution is -2.31. The highest BCUT2D eigenvalue weighted by molar-refractivity contribution is 5.76. The standard InChI is InChI=1S/C24H29N3O4/c1-4-30-20-11-5-6-12-21(20)31-16-8-13-22(28)26-23(24-25-14-15-27(24)2)18-9-7-10-19(17-18)29-3/h5-7,9-12,14-15,17,23H,4,8,13,16H2,1-3H3,(H,26,28). The molecule has 0 aliphatic heterocycles. The number of nitrogens with zero attached hydrogens (tertiary/aromatic N) is 2. The van der Waals surface area contributed by atoms with Crippen LogP contribution in [0.4, 0.5) is 0 Å². The van der Waals surface area contributed by atoms with Crippen molar-refractivity contribution in [2.45, 2.75) is 25.8 Å². The number of hydrogen-bond donors (Lipinski definition) is 1. The van der Waals surface area contributed by atoms with E-state index in [1.165, 1.54) is 0 Å². The Morgan fingerprint density at radius 1 is 1.13 bits per heavy atom. The predicted octanol–water partition coefficient (Wildman–Crippen LogP) is 3.89. The number of nitrogens with one attached hydrogen (secondary N) is 1. The van der Waals surface area contributed by atoms with Gasteiger partial charge in [-0.15, -0.1) is 0 Å². The summed E-state index contributed by atoms with van der Waals surface area (Å²) >= 11 is 0. The van der Waals surface area contributed by atoms with Crippen LogP contribution in [0.15, 0.2) is 60.9 Å². The number of methoxy groups -OCH3 is 1. The van der Waals surface area contributed by atoms with Crippen molar-refractivity contribution < 1.29 is 19.0 Å². The van der Waals surface area contributed by atoms with Gasteiger partial charge in [-0.25, -0.2) is 4.98 Å². The number of amides is 1. The van der Waals surface area contributed by atoms with Crippen LogP contribution in [0.25, 0.3) is 0 Å². The fourth-order valence-corrected chi connectivity index (χ4v) is 3.27. The molecule has 1 atom stereocenters. The van der Waals surface area contributed by atoms with E-state index in [0.717, 1.165) is 17.1 Å². The van der Waals surface area contributed by atoms with Crippen LogP contribution < -0.4 is 19.5 Å². The fourth-order valence-electron chi connectivity index (χ4n) is 3.27. The molecule has 0 radical (unpaired) electrons. The Morgan fingerprint density at radius 3 is 2.58 bits per heavy atom. The lowest BCUT2D eigenvalue weighted by molar-refractivity contribution is -0.121. The molecular formula is C24H29N3O4. The number of imidazole rings is 1. The number of ether oxygens (including phenoxy) is 3. The second-order valence-corrected chi connectivity index (χ2v) is 7.01. The largest absolute Gasteiger partial charge is 0.497 e. The van der Waals surface area contributed by atoms with E-state index in [4.69, 9.17) is 14.2 Å². The summed E-state index contributed by atoms with van der Waals surface area (Å²) in [6.07, 6.45) is 4.50. The van der Waals surface area contributed by atoms with Gasteiger partial charge in [-0.3, -0.25) is 4.79 Å². The summed E-state index contributed by atoms with van der Waals surface area (Å²) in [5.41, 5.74) is 0.906. The normalized spacial score (nSPS) is 11.6. The molecule has 2 aromatic carbocycles. The zero-order chi connectivity index (χ0) is 22.1. The molecule has 0 saturated heterocycles. The summed E-state index contributed by atoms with van der Waals surface area (Å²) in [5.74, 6) is 2.81. The molecule has 3 rings (SSSR count). The van der Waals surface area contributed by atoms with Crippen LogP contribution in [-0.2, 0) is 11.8 Å². The van der Waals surface area contributed by atoms with Gasteiger partial charge in [0.1, 0.15) is 17.6 Å². The van der Waals surface area contributed by atoms with Gasteiger partial charge in [0.2, 0.25) is 5.91 Å². The molecule has 1 N–H and O–H groups in total. The summed E-state index contributed by atoms with van der Waals surface area (Å²) in [6.45, 7) is 2.92. The van der Waals surface area contributed by atoms with Gasteiger partial charge in [0.05, 0.1) is 20.3 Å². The molecule has 0 aliphatic carbocycles. The van der Waals surface area contributed by atoms with Crippen molar-refractivity contribution in [1.82, 2.24) is 14.9 Å². The SMILES string of the molecule is CCOc1ccccc1OCCCC(=O)NC(c1cccc(OC)c1)c1nccn1C. The van der Waals surface area contributed by atoms with Gasteiger partial charge >= 0.3 is 0 Å². The molecule has 7 nitrogen and oxygen atoms in total. The van der Waals surface area contributed by atoms with E-state index in [-0.39, 0.29) is 11.9 Å². The number of aryl methyl sites for hydroxylation is 1. The highest BCUT2D eigenvalue weighted by Gasteiger charge is 2.21. The van der Waals surface area contributed by atoms with Gasteiger partial charge in [0.15, 0.2) is 11.5 Å². The third-order valence-electron chi connectivity index (χ3n) is 4.80. The van der Waals surface area contributed by atoms with E-state index in [2.05, 4.69) is 10.3 Å². The minimum Gasteiger partial charge on any atom is -0.497 e. The number of benzene rings is 2. The number of hydrogen-bond acceptors (Lipinski definition) is 5. The van der Waals surface area contributed by atoms with Crippen molar-refractivity contribution in [3.05, 3.63) is 72.3 Å². The number of carbonyl (C=O) groups is 1. The molecule has 3 aromatic rings. The Kier molecular flexibility index (Phi) is 7.92. The Balaban J connectivity index is 1.60. The summed E-state index contributed by atoms with van der Waals surface area (Å²) in [7, 11) is 3.53. The molecule has 1 aromatic heterocycles. The van der Waals surface area contributed by atoms with Crippen LogP contribution in [0.5, 0.6) is 17.2 Å². The monoisotopic (exact) mass is 423 g/mol. The highest BCUT2D eigenvalue weighted by Crippen LogP contribution is 2.27. The van der Waals surface area contributed by atoms with E-state index < -0.39 is 0 Å². The molecule has 1 heterocycles. The predicted molar refractivity (Wildman–Crippen MR) is 119 cm³/mol. The van der Waals surface area contributed by atoms with Crippen LogP contribution in [0, 0.1) is 0 Å². The first-order chi connectivity index (χ1) is 15.1. The molecule has 1 unspecified atom stereocenters. The Labute approximate surface area is 183 Å². The molecule has 0 aliphatic rings. The van der Waals surface area contributed by atoms with Crippen LogP contribution in [0.3, 0.4) is 0 Å². The van der Waals surface area contributed by atoms with Crippen molar-refractivity contribution in [1.29, 1.82) is 0 Å². The molecular weight excluding hydrogens is 394 g/mol. The quantitative estimate of drug-likeness (QED) is 0.474. The Hall–Kier alpha value is -3.48. The summed E-state index contributed by atoms with van der Waals surface area (Å²) in [5, 5.41) is 3.10. The number of aromatic nitrogens is 2. The summed E-state index contributed by atoms with van der Waals surface area (Å²) < 4.78 is 18.6. The van der Waals surface area contributed by atoms with Crippen molar-refractivity contribution in [2.24, 2.45) is 7.05 Å². The number of carbonyl (C=O) groups excluding carboxylic acids is 1. The lowest BCUT2D eigenvalue weighted by Gasteiger charge is -2.20. The third-order valence-corrected chi connectivity index (χ3v) is 4.80. The van der Waals surface area contributed by atoms with E-state index in [1.54, 1.807) is 13.3 Å². The van der Waals surface area contributed by atoms with Crippen LogP contribution in [0.2, 0.25) is 0 Å². The molecule has 0 spiro atoms. The third kappa shape index (κ3) is 6.01. The minimum atomic E-state index is -0.373. The van der Waals surface area contributed by atoms with Crippen LogP contribution in [-0.4, -0.2) is 35.8 Å². The first kappa shape index (κ1) is 22.2. The van der Waals surface area contributed by atoms with Gasteiger partial charge in [-0.05, 0) is 43.2 Å². The average molecular weight is 424 g/mol. The van der Waals surface area contributed by atoms with E-state index in [9.17, 15) is 4.79 Å². The first-order valence-electron chi connectivity index (χ1n) is 10.4. The average Bonchev–Trinajstić information content (AvgIpc) is 3.22. The lowest BCUT2D eigenvalue weighted by atomic mass is 10.1. The zero-order valence-corrected chi connectivity index (χ0v) is 18.2. The van der Waals surface area contributed by atoms with Crippen molar-refractivity contribution in [3.8, 4) is 17.2 Å². The van der Waals surface area contributed by atoms with Gasteiger partial charge in [-0.1, -0.05) is 24.3 Å². The smallest absolute Gasteiger partial charge is 0.220 e. The van der Waals surface area contributed by atoms with Crippen molar-refractivity contribution >= 4 is 5.91 Å². The maximum atomic E-state index is 12.7. The second-order valence-electron chi connectivity index (χ2n) is 7.01. The second kappa shape index (κ2) is 11.1. The Morgan fingerprint density at radius 2 is 1.90 bits per heavy atom. The molecule has 0 bridgehead atoms. The highest BCUT2D eigenvalue weighted by atomic mass is 16.5. The maximum absolute atomic E-state index is 12.7. The van der Waals surface area contributed by atoms with Gasteiger partial charge in [0, 0.05) is 25.9 Å². The van der Waals surface area contributed by atoms with E-state index in [0.29, 0.717) is 37.6 Å².